The molecule has 1 heterocycles. The third-order valence-electron chi connectivity index (χ3n) is 4.68. The van der Waals surface area contributed by atoms with E-state index in [0.29, 0.717) is 24.5 Å². The Kier molecular flexibility index (Phi) is 3.13. The van der Waals surface area contributed by atoms with Crippen molar-refractivity contribution in [2.24, 2.45) is 5.92 Å². The minimum atomic E-state index is -0.476. The second kappa shape index (κ2) is 5.16. The molecule has 1 fully saturated rings. The molecule has 1 N–H and O–H groups in total. The summed E-state index contributed by atoms with van der Waals surface area (Å²) in [5, 5.41) is 3.36. The maximum absolute atomic E-state index is 11.6. The van der Waals surface area contributed by atoms with Gasteiger partial charge >= 0.3 is 5.97 Å². The summed E-state index contributed by atoms with van der Waals surface area (Å²) in [5.74, 6) is 0.979. The Hall–Kier alpha value is -2.30. The van der Waals surface area contributed by atoms with Crippen LogP contribution in [0.3, 0.4) is 0 Å². The highest BCUT2D eigenvalue weighted by atomic mass is 16.5. The Labute approximate surface area is 128 Å². The number of carbonyl (C=O) groups is 1. The molecule has 5 nitrogen and oxygen atoms in total. The van der Waals surface area contributed by atoms with Gasteiger partial charge in [0.15, 0.2) is 0 Å². The van der Waals surface area contributed by atoms with Gasteiger partial charge in [-0.2, -0.15) is 0 Å². The SMILES string of the molecule is CCOC(=O)c1cnc(NC2c3ccccc3C3CC2C3)o1. The Morgan fingerprint density at radius 1 is 1.36 bits per heavy atom. The minimum absolute atomic E-state index is 0.139. The van der Waals surface area contributed by atoms with Crippen LogP contribution in [0.1, 0.15) is 53.4 Å². The van der Waals surface area contributed by atoms with Gasteiger partial charge < -0.3 is 14.5 Å². The molecule has 0 saturated heterocycles. The second-order valence-electron chi connectivity index (χ2n) is 5.93. The van der Waals surface area contributed by atoms with E-state index in [4.69, 9.17) is 9.15 Å². The molecule has 1 atom stereocenters. The highest BCUT2D eigenvalue weighted by Gasteiger charge is 2.44. The molecule has 2 aromatic rings. The largest absolute Gasteiger partial charge is 0.460 e. The van der Waals surface area contributed by atoms with Gasteiger partial charge in [-0.3, -0.25) is 0 Å². The van der Waals surface area contributed by atoms with Gasteiger partial charge in [0.05, 0.1) is 18.8 Å². The van der Waals surface area contributed by atoms with Crippen molar-refractivity contribution >= 4 is 12.0 Å². The number of oxazole rings is 1. The van der Waals surface area contributed by atoms with E-state index in [1.807, 2.05) is 0 Å². The molecule has 0 spiro atoms. The normalized spacial score (nSPS) is 25.0. The first-order chi connectivity index (χ1) is 10.8. The van der Waals surface area contributed by atoms with Gasteiger partial charge in [0.25, 0.3) is 6.01 Å². The topological polar surface area (TPSA) is 64.4 Å². The lowest BCUT2D eigenvalue weighted by atomic mass is 9.60. The molecule has 0 amide bonds. The smallest absolute Gasteiger partial charge is 0.376 e. The van der Waals surface area contributed by atoms with Gasteiger partial charge in [-0.1, -0.05) is 24.3 Å². The minimum Gasteiger partial charge on any atom is -0.460 e. The van der Waals surface area contributed by atoms with Crippen LogP contribution in [-0.4, -0.2) is 17.6 Å². The monoisotopic (exact) mass is 298 g/mol. The van der Waals surface area contributed by atoms with Crippen LogP contribution in [0.15, 0.2) is 34.9 Å². The maximum atomic E-state index is 11.6. The van der Waals surface area contributed by atoms with Crippen LogP contribution in [0.4, 0.5) is 6.01 Å². The van der Waals surface area contributed by atoms with Crippen LogP contribution in [0.5, 0.6) is 0 Å². The van der Waals surface area contributed by atoms with Crippen LogP contribution < -0.4 is 5.32 Å². The number of benzene rings is 1. The molecule has 5 rings (SSSR count). The zero-order chi connectivity index (χ0) is 15.1. The van der Waals surface area contributed by atoms with E-state index in [2.05, 4.69) is 34.6 Å². The molecule has 1 aromatic heterocycles. The zero-order valence-corrected chi connectivity index (χ0v) is 12.4. The van der Waals surface area contributed by atoms with Crippen molar-refractivity contribution < 1.29 is 13.9 Å². The summed E-state index contributed by atoms with van der Waals surface area (Å²) in [4.78, 5) is 15.8. The van der Waals surface area contributed by atoms with Crippen molar-refractivity contribution in [2.75, 3.05) is 11.9 Å². The number of aromatic nitrogens is 1. The van der Waals surface area contributed by atoms with E-state index in [1.165, 1.54) is 30.2 Å². The Balaban J connectivity index is 1.56. The predicted octanol–water partition coefficient (Wildman–Crippen LogP) is 3.51. The van der Waals surface area contributed by atoms with Crippen LogP contribution in [0, 0.1) is 5.92 Å². The molecular weight excluding hydrogens is 280 g/mol. The quantitative estimate of drug-likeness (QED) is 0.875. The molecule has 0 radical (unpaired) electrons. The number of carbonyl (C=O) groups excluding carboxylic acids is 1. The molecule has 2 bridgehead atoms. The number of nitrogens with zero attached hydrogens (tertiary/aromatic N) is 1. The molecule has 22 heavy (non-hydrogen) atoms. The van der Waals surface area contributed by atoms with Crippen molar-refractivity contribution in [3.63, 3.8) is 0 Å². The van der Waals surface area contributed by atoms with E-state index in [0.717, 1.165) is 0 Å². The fourth-order valence-electron chi connectivity index (χ4n) is 3.57. The number of hydrogen-bond donors (Lipinski definition) is 1. The van der Waals surface area contributed by atoms with Gasteiger partial charge in [0.1, 0.15) is 0 Å². The zero-order valence-electron chi connectivity index (χ0n) is 12.4. The lowest BCUT2D eigenvalue weighted by Gasteiger charge is -2.47. The molecule has 1 unspecified atom stereocenters. The first-order valence-corrected chi connectivity index (χ1v) is 7.74. The van der Waals surface area contributed by atoms with E-state index in [-0.39, 0.29) is 11.8 Å². The molecule has 0 aliphatic heterocycles. The molecule has 3 aliphatic rings. The number of esters is 1. The van der Waals surface area contributed by atoms with Gasteiger partial charge in [-0.25, -0.2) is 9.78 Å². The van der Waals surface area contributed by atoms with Gasteiger partial charge in [0.2, 0.25) is 5.76 Å². The van der Waals surface area contributed by atoms with Gasteiger partial charge in [-0.05, 0) is 42.7 Å². The van der Waals surface area contributed by atoms with Gasteiger partial charge in [-0.15, -0.1) is 0 Å². The lowest BCUT2D eigenvalue weighted by molar-refractivity contribution is 0.0491. The summed E-state index contributed by atoms with van der Waals surface area (Å²) in [6.45, 7) is 2.08. The summed E-state index contributed by atoms with van der Waals surface area (Å²) in [5.41, 5.74) is 2.76. The molecular formula is C17H18N2O3. The fourth-order valence-corrected chi connectivity index (χ4v) is 3.57. The molecule has 114 valence electrons. The average Bonchev–Trinajstić information content (AvgIpc) is 2.95. The fraction of sp³-hybridized carbons (Fsp3) is 0.412. The first kappa shape index (κ1) is 13.4. The first-order valence-electron chi connectivity index (χ1n) is 7.74. The van der Waals surface area contributed by atoms with Crippen LogP contribution in [0.2, 0.25) is 0 Å². The maximum Gasteiger partial charge on any atom is 0.376 e. The molecule has 1 aromatic carbocycles. The Morgan fingerprint density at radius 2 is 2.14 bits per heavy atom. The van der Waals surface area contributed by atoms with Crippen LogP contribution >= 0.6 is 0 Å². The van der Waals surface area contributed by atoms with Crippen LogP contribution in [0.25, 0.3) is 0 Å². The van der Waals surface area contributed by atoms with Crippen molar-refractivity contribution in [2.45, 2.75) is 31.7 Å². The number of nitrogens with one attached hydrogen (secondary N) is 1. The van der Waals surface area contributed by atoms with E-state index < -0.39 is 5.97 Å². The van der Waals surface area contributed by atoms with E-state index in [1.54, 1.807) is 6.92 Å². The summed E-state index contributed by atoms with van der Waals surface area (Å²) >= 11 is 0. The van der Waals surface area contributed by atoms with Crippen molar-refractivity contribution in [1.82, 2.24) is 4.98 Å². The Morgan fingerprint density at radius 3 is 2.91 bits per heavy atom. The molecule has 1 saturated carbocycles. The highest BCUT2D eigenvalue weighted by molar-refractivity contribution is 5.86. The second-order valence-corrected chi connectivity index (χ2v) is 5.93. The number of anilines is 1. The number of hydrogen-bond acceptors (Lipinski definition) is 5. The molecule has 3 aliphatic carbocycles. The summed E-state index contributed by atoms with van der Waals surface area (Å²) in [6.07, 6.45) is 3.83. The predicted molar refractivity (Wildman–Crippen MR) is 80.7 cm³/mol. The van der Waals surface area contributed by atoms with Crippen molar-refractivity contribution in [3.8, 4) is 0 Å². The number of ether oxygens (including phenoxy) is 1. The van der Waals surface area contributed by atoms with Crippen LogP contribution in [-0.2, 0) is 4.74 Å². The summed E-state index contributed by atoms with van der Waals surface area (Å²) in [6, 6.07) is 9.13. The highest BCUT2D eigenvalue weighted by Crippen LogP contribution is 2.55. The van der Waals surface area contributed by atoms with E-state index in [9.17, 15) is 4.79 Å². The van der Waals surface area contributed by atoms with E-state index >= 15 is 0 Å². The summed E-state index contributed by atoms with van der Waals surface area (Å²) in [7, 11) is 0. The standard InChI is InChI=1S/C17H18N2O3/c1-2-21-16(20)14-9-18-17(22-14)19-15-11-7-10(8-11)12-5-3-4-6-13(12)15/h3-6,9-11,15H,2,7-8H2,1H3,(H,18,19). The summed E-state index contributed by atoms with van der Waals surface area (Å²) < 4.78 is 10.4. The lowest BCUT2D eigenvalue weighted by Crippen LogP contribution is -2.38. The third kappa shape index (κ3) is 2.08. The van der Waals surface area contributed by atoms with Gasteiger partial charge in [0, 0.05) is 0 Å². The third-order valence-corrected chi connectivity index (χ3v) is 4.68. The average molecular weight is 298 g/mol. The molecule has 5 heteroatoms. The van der Waals surface area contributed by atoms with Crippen molar-refractivity contribution in [3.05, 3.63) is 47.3 Å². The number of rotatable bonds is 4. The van der Waals surface area contributed by atoms with Crippen molar-refractivity contribution in [1.29, 1.82) is 0 Å². The Bertz CT molecular complexity index is 703.